The van der Waals surface area contributed by atoms with Crippen molar-refractivity contribution in [1.29, 1.82) is 5.26 Å². The summed E-state index contributed by atoms with van der Waals surface area (Å²) in [5.41, 5.74) is -0.368. The molecule has 0 aliphatic rings. The smallest absolute Gasteiger partial charge is 0.312 e. The lowest BCUT2D eigenvalue weighted by atomic mass is 10.2. The van der Waals surface area contributed by atoms with Crippen LogP contribution in [0.5, 0.6) is 5.75 Å². The second kappa shape index (κ2) is 5.33. The Morgan fingerprint density at radius 1 is 1.56 bits per heavy atom. The van der Waals surface area contributed by atoms with Gasteiger partial charge in [0.1, 0.15) is 0 Å². The van der Waals surface area contributed by atoms with Crippen LogP contribution >= 0.6 is 0 Å². The van der Waals surface area contributed by atoms with Gasteiger partial charge >= 0.3 is 5.69 Å². The zero-order chi connectivity index (χ0) is 13.8. The van der Waals surface area contributed by atoms with Crippen LogP contribution in [0.25, 0.3) is 0 Å². The van der Waals surface area contributed by atoms with Crippen molar-refractivity contribution in [2.45, 2.75) is 0 Å². The first-order valence-electron chi connectivity index (χ1n) is 4.59. The molecule has 9 heteroatoms. The van der Waals surface area contributed by atoms with Crippen LogP contribution in [0.1, 0.15) is 0 Å². The highest BCUT2D eigenvalue weighted by atomic mass is 32.2. The highest BCUT2D eigenvalue weighted by Crippen LogP contribution is 2.29. The molecule has 1 rings (SSSR count). The van der Waals surface area contributed by atoms with E-state index in [-0.39, 0.29) is 17.1 Å². The third kappa shape index (κ3) is 3.33. The summed E-state index contributed by atoms with van der Waals surface area (Å²) in [6.07, 6.45) is 0. The first-order valence-corrected chi connectivity index (χ1v) is 6.24. The average molecular weight is 271 g/mol. The Bertz CT molecular complexity index is 605. The maximum Gasteiger partial charge on any atom is 0.312 e. The molecule has 1 aromatic rings. The van der Waals surface area contributed by atoms with Crippen molar-refractivity contribution in [2.24, 2.45) is 0 Å². The number of nitrogens with one attached hydrogen (secondary N) is 1. The second-order valence-electron chi connectivity index (χ2n) is 3.16. The molecule has 0 fully saturated rings. The lowest BCUT2D eigenvalue weighted by Gasteiger charge is -2.06. The van der Waals surface area contributed by atoms with E-state index in [1.165, 1.54) is 25.3 Å². The third-order valence-corrected chi connectivity index (χ3v) is 2.96. The Balaban J connectivity index is 3.11. The fraction of sp³-hybridized carbons (Fsp3) is 0.222. The molecule has 1 N–H and O–H groups in total. The number of nitrogens with zero attached hydrogens (tertiary/aromatic N) is 2. The van der Waals surface area contributed by atoms with Crippen LogP contribution in [-0.2, 0) is 10.0 Å². The molecule has 0 heterocycles. The summed E-state index contributed by atoms with van der Waals surface area (Å²) in [7, 11) is -2.56. The Kier molecular flexibility index (Phi) is 4.06. The lowest BCUT2D eigenvalue weighted by Crippen LogP contribution is -2.15. The molecule has 0 unspecified atom stereocenters. The van der Waals surface area contributed by atoms with Crippen molar-refractivity contribution in [3.63, 3.8) is 0 Å². The minimum atomic E-state index is -3.82. The molecule has 0 radical (unpaired) electrons. The van der Waals surface area contributed by atoms with Crippen LogP contribution < -0.4 is 9.46 Å². The molecule has 1 aromatic carbocycles. The number of nitro groups is 1. The summed E-state index contributed by atoms with van der Waals surface area (Å²) >= 11 is 0. The van der Waals surface area contributed by atoms with E-state index < -0.39 is 20.7 Å². The number of rotatable bonds is 5. The summed E-state index contributed by atoms with van der Waals surface area (Å²) in [5.74, 6) is -0.712. The fourth-order valence-electron chi connectivity index (χ4n) is 1.20. The van der Waals surface area contributed by atoms with Gasteiger partial charge in [-0.3, -0.25) is 14.8 Å². The Hall–Kier alpha value is -2.34. The van der Waals surface area contributed by atoms with Gasteiger partial charge in [0.2, 0.25) is 10.0 Å². The number of hydrogen-bond donors (Lipinski definition) is 1. The zero-order valence-electron chi connectivity index (χ0n) is 9.28. The molecule has 0 aliphatic heterocycles. The summed E-state index contributed by atoms with van der Waals surface area (Å²) in [5, 5.41) is 19.0. The molecular formula is C9H9N3O5S. The van der Waals surface area contributed by atoms with Crippen LogP contribution in [0.2, 0.25) is 0 Å². The maximum atomic E-state index is 11.3. The highest BCUT2D eigenvalue weighted by molar-refractivity contribution is 7.92. The molecule has 0 aromatic heterocycles. The third-order valence-electron chi connectivity index (χ3n) is 1.90. The molecule has 0 aliphatic carbocycles. The largest absolute Gasteiger partial charge is 0.490 e. The summed E-state index contributed by atoms with van der Waals surface area (Å²) in [6, 6.07) is 5.07. The van der Waals surface area contributed by atoms with Crippen molar-refractivity contribution < 1.29 is 18.1 Å². The summed E-state index contributed by atoms with van der Waals surface area (Å²) in [4.78, 5) is 10.0. The van der Waals surface area contributed by atoms with Crippen molar-refractivity contribution in [1.82, 2.24) is 0 Å². The van der Waals surface area contributed by atoms with Gasteiger partial charge in [0, 0.05) is 6.07 Å². The first-order chi connectivity index (χ1) is 8.39. The van der Waals surface area contributed by atoms with Gasteiger partial charge in [-0.15, -0.1) is 0 Å². The zero-order valence-corrected chi connectivity index (χ0v) is 10.1. The molecule has 0 spiro atoms. The van der Waals surface area contributed by atoms with Gasteiger partial charge in [-0.05, 0) is 12.1 Å². The van der Waals surface area contributed by atoms with Gasteiger partial charge in [-0.25, -0.2) is 8.42 Å². The van der Waals surface area contributed by atoms with E-state index in [4.69, 9.17) is 10.00 Å². The van der Waals surface area contributed by atoms with Gasteiger partial charge in [0.15, 0.2) is 11.5 Å². The minimum Gasteiger partial charge on any atom is -0.490 e. The van der Waals surface area contributed by atoms with Gasteiger partial charge in [0.25, 0.3) is 0 Å². The van der Waals surface area contributed by atoms with Crippen LogP contribution in [0, 0.1) is 21.4 Å². The molecule has 0 atom stereocenters. The number of methoxy groups -OCH3 is 1. The molecular weight excluding hydrogens is 262 g/mol. The van der Waals surface area contributed by atoms with E-state index in [1.807, 2.05) is 0 Å². The van der Waals surface area contributed by atoms with Crippen LogP contribution in [0.3, 0.4) is 0 Å². The number of sulfonamides is 1. The van der Waals surface area contributed by atoms with E-state index in [2.05, 4.69) is 4.72 Å². The van der Waals surface area contributed by atoms with Crippen molar-refractivity contribution in [2.75, 3.05) is 17.6 Å². The maximum absolute atomic E-state index is 11.3. The normalized spacial score (nSPS) is 10.4. The lowest BCUT2D eigenvalue weighted by molar-refractivity contribution is -0.385. The van der Waals surface area contributed by atoms with E-state index in [1.54, 1.807) is 0 Å². The minimum absolute atomic E-state index is 0.00208. The van der Waals surface area contributed by atoms with Crippen LogP contribution in [0.15, 0.2) is 18.2 Å². The Morgan fingerprint density at radius 2 is 2.22 bits per heavy atom. The van der Waals surface area contributed by atoms with Crippen LogP contribution in [0.4, 0.5) is 11.4 Å². The van der Waals surface area contributed by atoms with Crippen LogP contribution in [-0.4, -0.2) is 26.2 Å². The molecule has 0 saturated heterocycles. The molecule has 0 saturated carbocycles. The van der Waals surface area contributed by atoms with Gasteiger partial charge in [-0.1, -0.05) is 0 Å². The number of nitriles is 1. The van der Waals surface area contributed by atoms with E-state index in [9.17, 15) is 18.5 Å². The second-order valence-corrected chi connectivity index (χ2v) is 4.89. The number of benzene rings is 1. The molecule has 96 valence electrons. The van der Waals surface area contributed by atoms with Gasteiger partial charge in [-0.2, -0.15) is 5.26 Å². The fourth-order valence-corrected chi connectivity index (χ4v) is 1.92. The number of nitro benzene ring substituents is 1. The number of hydrogen-bond acceptors (Lipinski definition) is 6. The van der Waals surface area contributed by atoms with E-state index in [0.29, 0.717) is 0 Å². The van der Waals surface area contributed by atoms with E-state index >= 15 is 0 Å². The molecule has 8 nitrogen and oxygen atoms in total. The number of ether oxygens (including phenoxy) is 1. The molecule has 0 amide bonds. The Morgan fingerprint density at radius 3 is 2.72 bits per heavy atom. The standard InChI is InChI=1S/C9H9N3O5S/c1-17-9-3-2-7(6-8(9)12(13)14)11-18(15,16)5-4-10/h2-3,6,11H,5H2,1H3. The predicted octanol–water partition coefficient (Wildman–Crippen LogP) is 0.869. The summed E-state index contributed by atoms with van der Waals surface area (Å²) in [6.45, 7) is 0. The number of anilines is 1. The predicted molar refractivity (Wildman–Crippen MR) is 62.7 cm³/mol. The van der Waals surface area contributed by atoms with Crippen molar-refractivity contribution >= 4 is 21.4 Å². The Labute approximate surface area is 103 Å². The van der Waals surface area contributed by atoms with Crippen molar-refractivity contribution in [3.05, 3.63) is 28.3 Å². The van der Waals surface area contributed by atoms with Gasteiger partial charge in [0.05, 0.1) is 23.8 Å². The molecule has 0 bridgehead atoms. The highest BCUT2D eigenvalue weighted by Gasteiger charge is 2.17. The first kappa shape index (κ1) is 13.7. The van der Waals surface area contributed by atoms with Gasteiger partial charge < -0.3 is 4.74 Å². The SMILES string of the molecule is COc1ccc(NS(=O)(=O)CC#N)cc1[N+](=O)[O-]. The topological polar surface area (TPSA) is 122 Å². The monoisotopic (exact) mass is 271 g/mol. The quantitative estimate of drug-likeness (QED) is 0.626. The van der Waals surface area contributed by atoms with Crippen molar-refractivity contribution in [3.8, 4) is 11.8 Å². The summed E-state index contributed by atoms with van der Waals surface area (Å²) < 4.78 is 29.4. The average Bonchev–Trinajstić information content (AvgIpc) is 2.28. The van der Waals surface area contributed by atoms with E-state index in [0.717, 1.165) is 6.07 Å². The molecule has 18 heavy (non-hydrogen) atoms.